The number of amides is 2. The van der Waals surface area contributed by atoms with Crippen LogP contribution in [-0.4, -0.2) is 30.4 Å². The van der Waals surface area contributed by atoms with Gasteiger partial charge in [-0.1, -0.05) is 12.1 Å². The van der Waals surface area contributed by atoms with Crippen molar-refractivity contribution in [2.75, 3.05) is 18.5 Å². The van der Waals surface area contributed by atoms with E-state index in [2.05, 4.69) is 10.6 Å². The van der Waals surface area contributed by atoms with E-state index in [0.29, 0.717) is 12.3 Å². The fourth-order valence-electron chi connectivity index (χ4n) is 2.08. The van der Waals surface area contributed by atoms with Gasteiger partial charge in [-0.15, -0.1) is 0 Å². The van der Waals surface area contributed by atoms with Gasteiger partial charge in [0.05, 0.1) is 18.8 Å². The van der Waals surface area contributed by atoms with Gasteiger partial charge in [-0.05, 0) is 37.5 Å². The second kappa shape index (κ2) is 6.54. The SMILES string of the molecule is CC(O)c1cccc(NC(=O)NC2CCCOC2)c1. The molecule has 0 bridgehead atoms. The number of rotatable bonds is 3. The quantitative estimate of drug-likeness (QED) is 0.782. The van der Waals surface area contributed by atoms with Gasteiger partial charge in [0.15, 0.2) is 0 Å². The summed E-state index contributed by atoms with van der Waals surface area (Å²) in [6, 6.07) is 7.03. The van der Waals surface area contributed by atoms with Crippen molar-refractivity contribution in [1.82, 2.24) is 5.32 Å². The van der Waals surface area contributed by atoms with E-state index in [1.54, 1.807) is 25.1 Å². The van der Waals surface area contributed by atoms with E-state index in [4.69, 9.17) is 4.74 Å². The minimum Gasteiger partial charge on any atom is -0.389 e. The fraction of sp³-hybridized carbons (Fsp3) is 0.500. The number of carbonyl (C=O) groups excluding carboxylic acids is 1. The van der Waals surface area contributed by atoms with Crippen LogP contribution in [0.4, 0.5) is 10.5 Å². The Labute approximate surface area is 113 Å². The molecule has 0 aromatic heterocycles. The standard InChI is InChI=1S/C14H20N2O3/c1-10(17)11-4-2-5-12(8-11)15-14(18)16-13-6-3-7-19-9-13/h2,4-5,8,10,13,17H,3,6-7,9H2,1H3,(H2,15,16,18). The van der Waals surface area contributed by atoms with Gasteiger partial charge in [0.2, 0.25) is 0 Å². The molecule has 1 fully saturated rings. The Morgan fingerprint density at radius 3 is 3.05 bits per heavy atom. The van der Waals surface area contributed by atoms with Crippen molar-refractivity contribution < 1.29 is 14.6 Å². The summed E-state index contributed by atoms with van der Waals surface area (Å²) in [5.74, 6) is 0. The summed E-state index contributed by atoms with van der Waals surface area (Å²) in [4.78, 5) is 11.8. The van der Waals surface area contributed by atoms with Crippen LogP contribution in [0.2, 0.25) is 0 Å². The first-order chi connectivity index (χ1) is 9.15. The predicted octanol–water partition coefficient (Wildman–Crippen LogP) is 2.04. The van der Waals surface area contributed by atoms with Crippen molar-refractivity contribution in [1.29, 1.82) is 0 Å². The lowest BCUT2D eigenvalue weighted by molar-refractivity contribution is 0.0739. The number of urea groups is 1. The van der Waals surface area contributed by atoms with Crippen LogP contribution in [0.1, 0.15) is 31.4 Å². The third kappa shape index (κ3) is 4.22. The molecule has 5 nitrogen and oxygen atoms in total. The first-order valence-corrected chi connectivity index (χ1v) is 6.58. The molecule has 5 heteroatoms. The lowest BCUT2D eigenvalue weighted by Gasteiger charge is -2.23. The van der Waals surface area contributed by atoms with Gasteiger partial charge < -0.3 is 20.5 Å². The van der Waals surface area contributed by atoms with Gasteiger partial charge in [0.25, 0.3) is 0 Å². The van der Waals surface area contributed by atoms with E-state index < -0.39 is 6.10 Å². The van der Waals surface area contributed by atoms with E-state index >= 15 is 0 Å². The van der Waals surface area contributed by atoms with Crippen molar-refractivity contribution in [3.63, 3.8) is 0 Å². The summed E-state index contributed by atoms with van der Waals surface area (Å²) in [6.07, 6.45) is 1.38. The zero-order chi connectivity index (χ0) is 13.7. The van der Waals surface area contributed by atoms with Crippen LogP contribution >= 0.6 is 0 Å². The fourth-order valence-corrected chi connectivity index (χ4v) is 2.08. The number of hydrogen-bond donors (Lipinski definition) is 3. The molecule has 1 aromatic carbocycles. The number of ether oxygens (including phenoxy) is 1. The monoisotopic (exact) mass is 264 g/mol. The number of benzene rings is 1. The molecule has 0 saturated carbocycles. The van der Waals surface area contributed by atoms with Gasteiger partial charge in [-0.2, -0.15) is 0 Å². The maximum absolute atomic E-state index is 11.8. The van der Waals surface area contributed by atoms with E-state index in [0.717, 1.165) is 25.0 Å². The first kappa shape index (κ1) is 13.8. The molecule has 3 N–H and O–H groups in total. The molecule has 1 aromatic rings. The molecule has 2 amide bonds. The zero-order valence-corrected chi connectivity index (χ0v) is 11.1. The molecule has 19 heavy (non-hydrogen) atoms. The molecule has 1 saturated heterocycles. The van der Waals surface area contributed by atoms with E-state index in [-0.39, 0.29) is 12.1 Å². The van der Waals surface area contributed by atoms with E-state index in [1.165, 1.54) is 0 Å². The second-order valence-corrected chi connectivity index (χ2v) is 4.81. The molecule has 104 valence electrons. The summed E-state index contributed by atoms with van der Waals surface area (Å²) in [7, 11) is 0. The van der Waals surface area contributed by atoms with Crippen molar-refractivity contribution in [3.05, 3.63) is 29.8 Å². The Morgan fingerprint density at radius 1 is 1.53 bits per heavy atom. The Balaban J connectivity index is 1.89. The summed E-state index contributed by atoms with van der Waals surface area (Å²) < 4.78 is 5.31. The molecule has 2 atom stereocenters. The molecule has 1 aliphatic rings. The van der Waals surface area contributed by atoms with Crippen LogP contribution < -0.4 is 10.6 Å². The van der Waals surface area contributed by atoms with Crippen LogP contribution in [-0.2, 0) is 4.74 Å². The Morgan fingerprint density at radius 2 is 2.37 bits per heavy atom. The van der Waals surface area contributed by atoms with Crippen LogP contribution in [0.3, 0.4) is 0 Å². The average molecular weight is 264 g/mol. The average Bonchev–Trinajstić information content (AvgIpc) is 2.40. The summed E-state index contributed by atoms with van der Waals surface area (Å²) in [5.41, 5.74) is 1.45. The van der Waals surface area contributed by atoms with Crippen LogP contribution in [0, 0.1) is 0 Å². The number of aliphatic hydroxyl groups is 1. The third-order valence-electron chi connectivity index (χ3n) is 3.12. The molecule has 0 spiro atoms. The molecule has 1 aliphatic heterocycles. The van der Waals surface area contributed by atoms with Crippen LogP contribution in [0.5, 0.6) is 0 Å². The molecular weight excluding hydrogens is 244 g/mol. The van der Waals surface area contributed by atoms with Gasteiger partial charge in [-0.25, -0.2) is 4.79 Å². The van der Waals surface area contributed by atoms with Crippen LogP contribution in [0.25, 0.3) is 0 Å². The Bertz CT molecular complexity index is 428. The first-order valence-electron chi connectivity index (χ1n) is 6.58. The van der Waals surface area contributed by atoms with Gasteiger partial charge >= 0.3 is 6.03 Å². The number of nitrogens with one attached hydrogen (secondary N) is 2. The number of aliphatic hydroxyl groups excluding tert-OH is 1. The maximum Gasteiger partial charge on any atom is 0.319 e. The molecular formula is C14H20N2O3. The molecule has 2 unspecified atom stereocenters. The topological polar surface area (TPSA) is 70.6 Å². The minimum absolute atomic E-state index is 0.0775. The van der Waals surface area contributed by atoms with Crippen molar-refractivity contribution >= 4 is 11.7 Å². The zero-order valence-electron chi connectivity index (χ0n) is 11.1. The summed E-state index contributed by atoms with van der Waals surface area (Å²) >= 11 is 0. The highest BCUT2D eigenvalue weighted by atomic mass is 16.5. The van der Waals surface area contributed by atoms with E-state index in [9.17, 15) is 9.90 Å². The number of hydrogen-bond acceptors (Lipinski definition) is 3. The molecule has 2 rings (SSSR count). The highest BCUT2D eigenvalue weighted by Gasteiger charge is 2.16. The largest absolute Gasteiger partial charge is 0.389 e. The number of anilines is 1. The predicted molar refractivity (Wildman–Crippen MR) is 73.1 cm³/mol. The van der Waals surface area contributed by atoms with Crippen molar-refractivity contribution in [2.45, 2.75) is 31.9 Å². The number of carbonyl (C=O) groups is 1. The normalized spacial score (nSPS) is 20.6. The maximum atomic E-state index is 11.8. The molecule has 1 heterocycles. The Hall–Kier alpha value is -1.59. The van der Waals surface area contributed by atoms with Crippen molar-refractivity contribution in [2.24, 2.45) is 0 Å². The van der Waals surface area contributed by atoms with E-state index in [1.807, 2.05) is 6.07 Å². The smallest absolute Gasteiger partial charge is 0.319 e. The Kier molecular flexibility index (Phi) is 4.76. The lowest BCUT2D eigenvalue weighted by Crippen LogP contribution is -2.42. The summed E-state index contributed by atoms with van der Waals surface area (Å²) in [5, 5.41) is 15.1. The van der Waals surface area contributed by atoms with Gasteiger partial charge in [-0.3, -0.25) is 0 Å². The van der Waals surface area contributed by atoms with Gasteiger partial charge in [0, 0.05) is 12.3 Å². The lowest BCUT2D eigenvalue weighted by atomic mass is 10.1. The van der Waals surface area contributed by atoms with Gasteiger partial charge in [0.1, 0.15) is 0 Å². The highest BCUT2D eigenvalue weighted by molar-refractivity contribution is 5.89. The second-order valence-electron chi connectivity index (χ2n) is 4.81. The van der Waals surface area contributed by atoms with Crippen molar-refractivity contribution in [3.8, 4) is 0 Å². The highest BCUT2D eigenvalue weighted by Crippen LogP contribution is 2.17. The molecule has 0 radical (unpaired) electrons. The minimum atomic E-state index is -0.545. The third-order valence-corrected chi connectivity index (χ3v) is 3.12. The molecule has 0 aliphatic carbocycles. The summed E-state index contributed by atoms with van der Waals surface area (Å²) in [6.45, 7) is 3.04. The van der Waals surface area contributed by atoms with Crippen LogP contribution in [0.15, 0.2) is 24.3 Å².